The number of hydrogen-bond acceptors (Lipinski definition) is 8. The van der Waals surface area contributed by atoms with Crippen molar-refractivity contribution in [2.75, 3.05) is 13.2 Å². The Morgan fingerprint density at radius 1 is 1.03 bits per heavy atom. The molecule has 13 heteroatoms. The summed E-state index contributed by atoms with van der Waals surface area (Å²) in [6.07, 6.45) is 4.99. The van der Waals surface area contributed by atoms with E-state index < -0.39 is 54.5 Å². The number of nitrogens with two attached hydrogens (primary N) is 2. The highest BCUT2D eigenvalue weighted by Gasteiger charge is 2.30. The average molecular weight is 484 g/mol. The fraction of sp³-hybridized carbons (Fsp3) is 0.667. The van der Waals surface area contributed by atoms with E-state index in [-0.39, 0.29) is 18.8 Å². The Balaban J connectivity index is 2.97. The van der Waals surface area contributed by atoms with Crippen LogP contribution in [0.3, 0.4) is 0 Å². The van der Waals surface area contributed by atoms with Crippen LogP contribution in [-0.2, 0) is 25.6 Å². The van der Waals surface area contributed by atoms with Crippen LogP contribution >= 0.6 is 0 Å². The zero-order valence-corrected chi connectivity index (χ0v) is 19.6. The van der Waals surface area contributed by atoms with E-state index in [9.17, 15) is 24.3 Å². The molecule has 0 saturated carbocycles. The van der Waals surface area contributed by atoms with Crippen molar-refractivity contribution in [1.29, 1.82) is 0 Å². The van der Waals surface area contributed by atoms with Gasteiger partial charge in [-0.1, -0.05) is 20.3 Å². The normalized spacial score (nSPS) is 14.6. The maximum atomic E-state index is 13.1. The highest BCUT2D eigenvalue weighted by Crippen LogP contribution is 2.08. The number of nitrogens with zero attached hydrogens (tertiary/aromatic N) is 1. The van der Waals surface area contributed by atoms with E-state index in [4.69, 9.17) is 16.6 Å². The Hall–Kier alpha value is -3.03. The van der Waals surface area contributed by atoms with Gasteiger partial charge in [-0.2, -0.15) is 0 Å². The van der Waals surface area contributed by atoms with Crippen molar-refractivity contribution < 1.29 is 29.4 Å². The van der Waals surface area contributed by atoms with Crippen LogP contribution in [0.1, 0.15) is 45.2 Å². The van der Waals surface area contributed by atoms with Crippen LogP contribution < -0.4 is 27.4 Å². The summed E-state index contributed by atoms with van der Waals surface area (Å²) in [5.74, 6) is -3.35. The molecule has 1 aromatic rings. The van der Waals surface area contributed by atoms with Crippen LogP contribution in [0.4, 0.5) is 0 Å². The molecule has 4 atom stereocenters. The first-order valence-electron chi connectivity index (χ1n) is 11.3. The number of amides is 3. The molecule has 4 unspecified atom stereocenters. The predicted octanol–water partition coefficient (Wildman–Crippen LogP) is -2.01. The summed E-state index contributed by atoms with van der Waals surface area (Å²) in [5.41, 5.74) is 12.0. The van der Waals surface area contributed by atoms with E-state index >= 15 is 0 Å². The van der Waals surface area contributed by atoms with E-state index in [0.717, 1.165) is 6.42 Å². The zero-order chi connectivity index (χ0) is 25.7. The summed E-state index contributed by atoms with van der Waals surface area (Å²) in [6.45, 7) is 3.34. The molecule has 0 aliphatic heterocycles. The molecule has 1 heterocycles. The highest BCUT2D eigenvalue weighted by atomic mass is 16.4. The lowest BCUT2D eigenvalue weighted by Crippen LogP contribution is -2.58. The second-order valence-corrected chi connectivity index (χ2v) is 8.51. The number of aliphatic hydroxyl groups excluding tert-OH is 1. The minimum atomic E-state index is -1.51. The Bertz CT molecular complexity index is 787. The smallest absolute Gasteiger partial charge is 0.328 e. The van der Waals surface area contributed by atoms with Gasteiger partial charge in [0.25, 0.3) is 0 Å². The number of rotatable bonds is 16. The fourth-order valence-electron chi connectivity index (χ4n) is 3.18. The number of carbonyl (C=O) groups excluding carboxylic acids is 3. The van der Waals surface area contributed by atoms with E-state index in [1.54, 1.807) is 0 Å². The van der Waals surface area contributed by atoms with Gasteiger partial charge in [0.05, 0.1) is 19.0 Å². The summed E-state index contributed by atoms with van der Waals surface area (Å²) < 4.78 is 0. The molecule has 0 saturated heterocycles. The molecule has 34 heavy (non-hydrogen) atoms. The molecule has 13 nitrogen and oxygen atoms in total. The maximum Gasteiger partial charge on any atom is 0.328 e. The number of hydrogen-bond donors (Lipinski definition) is 8. The van der Waals surface area contributed by atoms with Gasteiger partial charge in [0.2, 0.25) is 17.7 Å². The molecule has 0 bridgehead atoms. The number of imidazole rings is 1. The molecule has 3 amide bonds. The first-order valence-corrected chi connectivity index (χ1v) is 11.3. The Kier molecular flexibility index (Phi) is 12.8. The van der Waals surface area contributed by atoms with Crippen molar-refractivity contribution in [3.05, 3.63) is 18.2 Å². The molecule has 0 aliphatic rings. The zero-order valence-electron chi connectivity index (χ0n) is 19.6. The lowest BCUT2D eigenvalue weighted by Gasteiger charge is -2.25. The number of unbranched alkanes of at least 4 members (excludes halogenated alkanes) is 1. The molecule has 1 aromatic heterocycles. The second-order valence-electron chi connectivity index (χ2n) is 8.51. The minimum Gasteiger partial charge on any atom is -0.480 e. The number of aromatic nitrogens is 2. The molecule has 192 valence electrons. The standard InChI is InChI=1S/C21H37N7O6/c1-12(2)7-15(19(31)28-17(10-29)21(33)34)27-20(32)16(8-13-9-24-11-25-13)26-18(30)14(23)5-3-4-6-22/h9,11-12,14-17,29H,3-8,10,22-23H2,1-2H3,(H,24,25)(H,26,30)(H,27,32)(H,28,31)(H,33,34). The van der Waals surface area contributed by atoms with Crippen LogP contribution in [0.5, 0.6) is 0 Å². The summed E-state index contributed by atoms with van der Waals surface area (Å²) in [4.78, 5) is 56.3. The molecule has 0 radical (unpaired) electrons. The molecular weight excluding hydrogens is 446 g/mol. The van der Waals surface area contributed by atoms with Crippen LogP contribution in [0.2, 0.25) is 0 Å². The monoisotopic (exact) mass is 483 g/mol. The maximum absolute atomic E-state index is 13.1. The highest BCUT2D eigenvalue weighted by molar-refractivity contribution is 5.94. The first kappa shape index (κ1) is 29.0. The Morgan fingerprint density at radius 3 is 2.18 bits per heavy atom. The topological polar surface area (TPSA) is 226 Å². The predicted molar refractivity (Wildman–Crippen MR) is 123 cm³/mol. The SMILES string of the molecule is CC(C)CC(NC(=O)C(Cc1cnc[nH]1)NC(=O)C(N)CCCCN)C(=O)NC(CO)C(=O)O. The van der Waals surface area contributed by atoms with Gasteiger partial charge < -0.3 is 42.6 Å². The Labute approximate surface area is 198 Å². The molecule has 0 aromatic carbocycles. The molecule has 1 rings (SSSR count). The largest absolute Gasteiger partial charge is 0.480 e. The van der Waals surface area contributed by atoms with Crippen LogP contribution in [0.15, 0.2) is 12.5 Å². The molecule has 0 spiro atoms. The number of aromatic amines is 1. The summed E-state index contributed by atoms with van der Waals surface area (Å²) >= 11 is 0. The van der Waals surface area contributed by atoms with Crippen molar-refractivity contribution >= 4 is 23.7 Å². The van der Waals surface area contributed by atoms with E-state index in [1.165, 1.54) is 12.5 Å². The third kappa shape index (κ3) is 10.3. The number of carbonyl (C=O) groups is 4. The summed E-state index contributed by atoms with van der Waals surface area (Å²) in [5, 5.41) is 25.7. The van der Waals surface area contributed by atoms with Gasteiger partial charge in [0.1, 0.15) is 18.1 Å². The fourth-order valence-corrected chi connectivity index (χ4v) is 3.18. The van der Waals surface area contributed by atoms with E-state index in [2.05, 4.69) is 25.9 Å². The van der Waals surface area contributed by atoms with Gasteiger partial charge in [-0.3, -0.25) is 14.4 Å². The third-order valence-electron chi connectivity index (χ3n) is 5.06. The molecule has 10 N–H and O–H groups in total. The Morgan fingerprint density at radius 2 is 1.65 bits per heavy atom. The van der Waals surface area contributed by atoms with Gasteiger partial charge in [-0.25, -0.2) is 9.78 Å². The van der Waals surface area contributed by atoms with Crippen LogP contribution in [0.25, 0.3) is 0 Å². The van der Waals surface area contributed by atoms with Crippen molar-refractivity contribution in [2.45, 2.75) is 70.1 Å². The lowest BCUT2D eigenvalue weighted by molar-refractivity contribution is -0.143. The number of H-pyrrole nitrogens is 1. The summed E-state index contributed by atoms with van der Waals surface area (Å²) in [6, 6.07) is -4.49. The van der Waals surface area contributed by atoms with Crippen LogP contribution in [-0.4, -0.2) is 81.2 Å². The van der Waals surface area contributed by atoms with E-state index in [1.807, 2.05) is 13.8 Å². The third-order valence-corrected chi connectivity index (χ3v) is 5.06. The molecule has 0 fully saturated rings. The average Bonchev–Trinajstić information content (AvgIpc) is 3.28. The quantitative estimate of drug-likeness (QED) is 0.121. The number of aliphatic hydroxyl groups is 1. The summed E-state index contributed by atoms with van der Waals surface area (Å²) in [7, 11) is 0. The second kappa shape index (κ2) is 15.0. The van der Waals surface area contributed by atoms with Gasteiger partial charge in [0, 0.05) is 18.3 Å². The molecule has 0 aliphatic carbocycles. The van der Waals surface area contributed by atoms with Crippen molar-refractivity contribution in [2.24, 2.45) is 17.4 Å². The lowest BCUT2D eigenvalue weighted by atomic mass is 10.0. The minimum absolute atomic E-state index is 0.0231. The number of carboxylic acid groups (broad SMARTS) is 1. The van der Waals surface area contributed by atoms with Gasteiger partial charge in [-0.15, -0.1) is 0 Å². The van der Waals surface area contributed by atoms with E-state index in [0.29, 0.717) is 25.1 Å². The van der Waals surface area contributed by atoms with Gasteiger partial charge in [0.15, 0.2) is 0 Å². The van der Waals surface area contributed by atoms with Gasteiger partial charge in [-0.05, 0) is 31.7 Å². The van der Waals surface area contributed by atoms with Crippen LogP contribution in [0, 0.1) is 5.92 Å². The van der Waals surface area contributed by atoms with Gasteiger partial charge >= 0.3 is 5.97 Å². The number of nitrogens with one attached hydrogen (secondary N) is 4. The van der Waals surface area contributed by atoms with Crippen molar-refractivity contribution in [3.63, 3.8) is 0 Å². The first-order chi connectivity index (χ1) is 16.1. The van der Waals surface area contributed by atoms with Crippen molar-refractivity contribution in [3.8, 4) is 0 Å². The van der Waals surface area contributed by atoms with Crippen molar-refractivity contribution in [1.82, 2.24) is 25.9 Å². The molecular formula is C21H37N7O6. The number of carboxylic acids is 1. The number of aliphatic carboxylic acids is 1.